The normalized spacial score (nSPS) is 17.7. The lowest BCUT2D eigenvalue weighted by Gasteiger charge is -2.35. The number of piperazine rings is 1. The van der Waals surface area contributed by atoms with E-state index in [0.29, 0.717) is 23.1 Å². The van der Waals surface area contributed by atoms with Crippen LogP contribution in [0.1, 0.15) is 36.8 Å². The van der Waals surface area contributed by atoms with Crippen LogP contribution in [0, 0.1) is 18.3 Å². The second kappa shape index (κ2) is 7.80. The van der Waals surface area contributed by atoms with Crippen molar-refractivity contribution in [2.45, 2.75) is 32.9 Å². The van der Waals surface area contributed by atoms with Crippen molar-refractivity contribution in [2.75, 3.05) is 35.6 Å². The quantitative estimate of drug-likeness (QED) is 0.603. The Morgan fingerprint density at radius 2 is 2.17 bits per heavy atom. The maximum absolute atomic E-state index is 9.56. The molecular weight excluding hydrogens is 378 g/mol. The lowest BCUT2D eigenvalue weighted by atomic mass is 10.1. The third kappa shape index (κ3) is 3.62. The van der Waals surface area contributed by atoms with Crippen LogP contribution in [0.4, 0.5) is 17.5 Å². The number of nitrogens with one attached hydrogen (secondary N) is 2. The Hall–Kier alpha value is -3.38. The Morgan fingerprint density at radius 1 is 1.37 bits per heavy atom. The smallest absolute Gasteiger partial charge is 0.222 e. The Labute approximate surface area is 175 Å². The average Bonchev–Trinajstić information content (AvgIpc) is 3.07. The maximum atomic E-state index is 9.56. The van der Waals surface area contributed by atoms with Crippen molar-refractivity contribution in [3.8, 4) is 6.07 Å². The van der Waals surface area contributed by atoms with Crippen LogP contribution in [0.3, 0.4) is 0 Å². The zero-order valence-corrected chi connectivity index (χ0v) is 17.8. The monoisotopic (exact) mass is 405 g/mol. The lowest BCUT2D eigenvalue weighted by molar-refractivity contribution is 0.483. The van der Waals surface area contributed by atoms with Gasteiger partial charge in [-0.3, -0.25) is 0 Å². The summed E-state index contributed by atoms with van der Waals surface area (Å²) in [4.78, 5) is 15.7. The van der Waals surface area contributed by atoms with Crippen molar-refractivity contribution in [3.63, 3.8) is 0 Å². The van der Waals surface area contributed by atoms with E-state index in [0.717, 1.165) is 42.0 Å². The Balaban J connectivity index is 1.77. The molecule has 1 saturated heterocycles. The molecule has 0 saturated carbocycles. The first kappa shape index (κ1) is 19.9. The summed E-state index contributed by atoms with van der Waals surface area (Å²) in [5.41, 5.74) is 10.8. The molecule has 0 amide bonds. The molecule has 3 aromatic heterocycles. The molecule has 0 aromatic carbocycles. The number of aryl methyl sites for hydroxylation is 2. The first-order chi connectivity index (χ1) is 14.4. The molecule has 4 rings (SSSR count). The molecule has 4 heterocycles. The number of hydrogen-bond donors (Lipinski definition) is 3. The standard InChI is InChI=1S/C21H27N9/c1-12-11-30(8-6-24-12)18-9-17-16(5-7-29(17)4)27-19(18)14(3)25-20-15(10-22)13(2)26-21(23)28-20/h5,7,9,12,14,24H,6,8,11H2,1-4H3,(H3,23,25,26,28)/t12-,14+/m1/s1. The van der Waals surface area contributed by atoms with Crippen LogP contribution in [0.2, 0.25) is 0 Å². The molecule has 9 heteroatoms. The lowest BCUT2D eigenvalue weighted by Crippen LogP contribution is -2.49. The molecule has 0 bridgehead atoms. The van der Waals surface area contributed by atoms with Gasteiger partial charge in [0.2, 0.25) is 5.95 Å². The van der Waals surface area contributed by atoms with E-state index in [2.05, 4.69) is 49.1 Å². The molecule has 156 valence electrons. The highest BCUT2D eigenvalue weighted by molar-refractivity contribution is 5.81. The number of fused-ring (bicyclic) bond motifs is 1. The summed E-state index contributed by atoms with van der Waals surface area (Å²) in [7, 11) is 2.03. The maximum Gasteiger partial charge on any atom is 0.222 e. The van der Waals surface area contributed by atoms with Gasteiger partial charge in [-0.25, -0.2) is 9.97 Å². The molecule has 2 atom stereocenters. The molecule has 1 aliphatic heterocycles. The van der Waals surface area contributed by atoms with Crippen LogP contribution in [0.15, 0.2) is 18.3 Å². The van der Waals surface area contributed by atoms with Crippen molar-refractivity contribution in [2.24, 2.45) is 7.05 Å². The van der Waals surface area contributed by atoms with Crippen LogP contribution < -0.4 is 21.3 Å². The van der Waals surface area contributed by atoms with E-state index in [4.69, 9.17) is 10.7 Å². The summed E-state index contributed by atoms with van der Waals surface area (Å²) in [6, 6.07) is 6.62. The molecule has 1 aliphatic rings. The minimum absolute atomic E-state index is 0.142. The fourth-order valence-electron chi connectivity index (χ4n) is 4.02. The number of nitriles is 1. The zero-order valence-electron chi connectivity index (χ0n) is 17.8. The van der Waals surface area contributed by atoms with Crippen LogP contribution in [-0.2, 0) is 7.05 Å². The van der Waals surface area contributed by atoms with Gasteiger partial charge < -0.3 is 25.8 Å². The Morgan fingerprint density at radius 3 is 2.90 bits per heavy atom. The van der Waals surface area contributed by atoms with Gasteiger partial charge in [0.1, 0.15) is 17.5 Å². The van der Waals surface area contributed by atoms with Crippen LogP contribution in [0.25, 0.3) is 11.0 Å². The minimum atomic E-state index is -0.185. The fraction of sp³-hybridized carbons (Fsp3) is 0.429. The number of nitrogens with two attached hydrogens (primary N) is 1. The highest BCUT2D eigenvalue weighted by Gasteiger charge is 2.24. The van der Waals surface area contributed by atoms with Gasteiger partial charge in [0.25, 0.3) is 0 Å². The topological polar surface area (TPSA) is 121 Å². The third-order valence-corrected chi connectivity index (χ3v) is 5.57. The zero-order chi connectivity index (χ0) is 21.4. The van der Waals surface area contributed by atoms with Crippen molar-refractivity contribution in [3.05, 3.63) is 35.3 Å². The minimum Gasteiger partial charge on any atom is -0.368 e. The van der Waals surface area contributed by atoms with Gasteiger partial charge in [-0.05, 0) is 32.9 Å². The summed E-state index contributed by atoms with van der Waals surface area (Å²) < 4.78 is 2.08. The van der Waals surface area contributed by atoms with Crippen molar-refractivity contribution in [1.29, 1.82) is 5.26 Å². The highest BCUT2D eigenvalue weighted by atomic mass is 15.2. The molecule has 0 radical (unpaired) electrons. The van der Waals surface area contributed by atoms with Gasteiger partial charge in [-0.2, -0.15) is 10.2 Å². The molecule has 0 aliphatic carbocycles. The van der Waals surface area contributed by atoms with Gasteiger partial charge in [0.05, 0.1) is 34.2 Å². The van der Waals surface area contributed by atoms with Crippen LogP contribution in [-0.4, -0.2) is 45.2 Å². The van der Waals surface area contributed by atoms with E-state index in [1.54, 1.807) is 6.92 Å². The predicted molar refractivity (Wildman–Crippen MR) is 118 cm³/mol. The molecular formula is C21H27N9. The van der Waals surface area contributed by atoms with E-state index >= 15 is 0 Å². The van der Waals surface area contributed by atoms with Gasteiger partial charge in [-0.1, -0.05) is 0 Å². The molecule has 3 aromatic rings. The molecule has 9 nitrogen and oxygen atoms in total. The second-order valence-corrected chi connectivity index (χ2v) is 7.89. The van der Waals surface area contributed by atoms with E-state index in [1.165, 1.54) is 0 Å². The van der Waals surface area contributed by atoms with Gasteiger partial charge in [0.15, 0.2) is 0 Å². The van der Waals surface area contributed by atoms with Crippen molar-refractivity contribution < 1.29 is 0 Å². The first-order valence-electron chi connectivity index (χ1n) is 10.1. The van der Waals surface area contributed by atoms with E-state index in [-0.39, 0.29) is 12.0 Å². The van der Waals surface area contributed by atoms with E-state index < -0.39 is 0 Å². The molecule has 0 spiro atoms. The molecule has 30 heavy (non-hydrogen) atoms. The predicted octanol–water partition coefficient (Wildman–Crippen LogP) is 2.10. The fourth-order valence-corrected chi connectivity index (χ4v) is 4.02. The third-order valence-electron chi connectivity index (χ3n) is 5.57. The summed E-state index contributed by atoms with van der Waals surface area (Å²) >= 11 is 0. The Bertz CT molecular complexity index is 1130. The van der Waals surface area contributed by atoms with Crippen molar-refractivity contribution >= 4 is 28.5 Å². The first-order valence-corrected chi connectivity index (χ1v) is 10.1. The average molecular weight is 406 g/mol. The van der Waals surface area contributed by atoms with Crippen molar-refractivity contribution in [1.82, 2.24) is 24.8 Å². The summed E-state index contributed by atoms with van der Waals surface area (Å²) in [5.74, 6) is 0.577. The van der Waals surface area contributed by atoms with Crippen LogP contribution >= 0.6 is 0 Å². The summed E-state index contributed by atoms with van der Waals surface area (Å²) in [6.45, 7) is 8.71. The molecule has 0 unspecified atom stereocenters. The number of anilines is 3. The molecule has 1 fully saturated rings. The van der Waals surface area contributed by atoms with Crippen LogP contribution in [0.5, 0.6) is 0 Å². The SMILES string of the molecule is Cc1nc(N)nc(N[C@@H](C)c2nc3ccn(C)c3cc2N2CCN[C@H](C)C2)c1C#N. The summed E-state index contributed by atoms with van der Waals surface area (Å²) in [6.07, 6.45) is 2.02. The Kier molecular flexibility index (Phi) is 5.18. The second-order valence-electron chi connectivity index (χ2n) is 7.89. The van der Waals surface area contributed by atoms with E-state index in [9.17, 15) is 5.26 Å². The van der Waals surface area contributed by atoms with Gasteiger partial charge in [-0.15, -0.1) is 0 Å². The highest BCUT2D eigenvalue weighted by Crippen LogP contribution is 2.32. The number of pyridine rings is 1. The number of rotatable bonds is 4. The number of nitrogen functional groups attached to an aromatic ring is 1. The van der Waals surface area contributed by atoms with Gasteiger partial charge in [0, 0.05) is 38.9 Å². The summed E-state index contributed by atoms with van der Waals surface area (Å²) in [5, 5.41) is 16.4. The number of hydrogen-bond acceptors (Lipinski definition) is 8. The largest absolute Gasteiger partial charge is 0.368 e. The molecule has 4 N–H and O–H groups in total. The number of aromatic nitrogens is 4. The van der Waals surface area contributed by atoms with Gasteiger partial charge >= 0.3 is 0 Å². The number of nitrogens with zero attached hydrogens (tertiary/aromatic N) is 6. The van der Waals surface area contributed by atoms with E-state index in [1.807, 2.05) is 26.2 Å².